The van der Waals surface area contributed by atoms with E-state index in [0.717, 1.165) is 24.3 Å². The lowest BCUT2D eigenvalue weighted by Gasteiger charge is -2.18. The molecule has 6 heteroatoms. The lowest BCUT2D eigenvalue weighted by molar-refractivity contribution is 0.0721. The van der Waals surface area contributed by atoms with E-state index >= 15 is 0 Å². The number of aryl methyl sites for hydroxylation is 1. The van der Waals surface area contributed by atoms with Gasteiger partial charge in [-0.3, -0.25) is 4.79 Å². The van der Waals surface area contributed by atoms with Gasteiger partial charge in [-0.2, -0.15) is 0 Å². The average molecular weight is 316 g/mol. The van der Waals surface area contributed by atoms with Crippen molar-refractivity contribution in [3.8, 4) is 11.5 Å². The maximum Gasteiger partial charge on any atom is 0.292 e. The van der Waals surface area contributed by atoms with Crippen LogP contribution in [0.3, 0.4) is 0 Å². The van der Waals surface area contributed by atoms with E-state index in [9.17, 15) is 4.79 Å². The molecular formula is C17H20N2O4. The minimum absolute atomic E-state index is 0.114. The number of carbonyl (C=O) groups excluding carboxylic acids is 1. The number of methoxy groups -OCH3 is 2. The SMILES string of the molecule is COc1cc2c(cc1OC)CCN(C(=O)c1cc(C)no1)CC2. The monoisotopic (exact) mass is 316 g/mol. The van der Waals surface area contributed by atoms with Crippen molar-refractivity contribution < 1.29 is 18.8 Å². The van der Waals surface area contributed by atoms with E-state index < -0.39 is 0 Å². The highest BCUT2D eigenvalue weighted by molar-refractivity contribution is 5.91. The average Bonchev–Trinajstić information content (AvgIpc) is 2.89. The molecule has 1 aromatic carbocycles. The molecule has 0 N–H and O–H groups in total. The lowest BCUT2D eigenvalue weighted by atomic mass is 10.0. The molecule has 1 aliphatic rings. The van der Waals surface area contributed by atoms with E-state index in [2.05, 4.69) is 5.16 Å². The predicted molar refractivity (Wildman–Crippen MR) is 84.1 cm³/mol. The molecule has 0 unspecified atom stereocenters. The quantitative estimate of drug-likeness (QED) is 0.869. The molecule has 122 valence electrons. The van der Waals surface area contributed by atoms with Crippen LogP contribution in [0, 0.1) is 6.92 Å². The molecule has 0 atom stereocenters. The van der Waals surface area contributed by atoms with Crippen molar-refractivity contribution in [2.75, 3.05) is 27.3 Å². The summed E-state index contributed by atoms with van der Waals surface area (Å²) < 4.78 is 15.8. The minimum atomic E-state index is -0.114. The number of rotatable bonds is 3. The summed E-state index contributed by atoms with van der Waals surface area (Å²) in [7, 11) is 3.26. The van der Waals surface area contributed by atoms with Crippen molar-refractivity contribution in [1.29, 1.82) is 0 Å². The van der Waals surface area contributed by atoms with Gasteiger partial charge in [-0.25, -0.2) is 0 Å². The van der Waals surface area contributed by atoms with Crippen LogP contribution in [0.5, 0.6) is 11.5 Å². The highest BCUT2D eigenvalue weighted by atomic mass is 16.5. The first-order chi connectivity index (χ1) is 11.1. The third kappa shape index (κ3) is 3.02. The van der Waals surface area contributed by atoms with Gasteiger partial charge in [-0.1, -0.05) is 5.16 Å². The van der Waals surface area contributed by atoms with Crippen LogP contribution in [0.15, 0.2) is 22.7 Å². The summed E-state index contributed by atoms with van der Waals surface area (Å²) in [6, 6.07) is 5.67. The van der Waals surface area contributed by atoms with E-state index in [4.69, 9.17) is 14.0 Å². The van der Waals surface area contributed by atoms with E-state index in [-0.39, 0.29) is 5.91 Å². The van der Waals surface area contributed by atoms with Gasteiger partial charge in [0.15, 0.2) is 11.5 Å². The zero-order valence-corrected chi connectivity index (χ0v) is 13.6. The molecule has 0 bridgehead atoms. The second kappa shape index (κ2) is 6.32. The van der Waals surface area contributed by atoms with E-state index in [0.29, 0.717) is 24.5 Å². The fourth-order valence-electron chi connectivity index (χ4n) is 2.87. The fourth-order valence-corrected chi connectivity index (χ4v) is 2.87. The number of hydrogen-bond donors (Lipinski definition) is 0. The van der Waals surface area contributed by atoms with E-state index in [1.54, 1.807) is 32.1 Å². The fraction of sp³-hybridized carbons (Fsp3) is 0.412. The molecule has 2 heterocycles. The highest BCUT2D eigenvalue weighted by Gasteiger charge is 2.23. The first-order valence-corrected chi connectivity index (χ1v) is 7.58. The van der Waals surface area contributed by atoms with Crippen LogP contribution in [-0.2, 0) is 12.8 Å². The summed E-state index contributed by atoms with van der Waals surface area (Å²) >= 11 is 0. The van der Waals surface area contributed by atoms with Crippen molar-refractivity contribution in [1.82, 2.24) is 10.1 Å². The van der Waals surface area contributed by atoms with Crippen LogP contribution >= 0.6 is 0 Å². The molecule has 0 spiro atoms. The maximum absolute atomic E-state index is 12.5. The number of hydrogen-bond acceptors (Lipinski definition) is 5. The normalized spacial score (nSPS) is 14.1. The minimum Gasteiger partial charge on any atom is -0.493 e. The Morgan fingerprint density at radius 3 is 2.09 bits per heavy atom. The highest BCUT2D eigenvalue weighted by Crippen LogP contribution is 2.32. The van der Waals surface area contributed by atoms with Crippen molar-refractivity contribution in [2.24, 2.45) is 0 Å². The van der Waals surface area contributed by atoms with Gasteiger partial charge in [0.05, 0.1) is 19.9 Å². The molecular weight excluding hydrogens is 296 g/mol. The first kappa shape index (κ1) is 15.4. The predicted octanol–water partition coefficient (Wildman–Crippen LogP) is 2.24. The van der Waals surface area contributed by atoms with Crippen LogP contribution < -0.4 is 9.47 Å². The van der Waals surface area contributed by atoms with Crippen molar-refractivity contribution >= 4 is 5.91 Å². The maximum atomic E-state index is 12.5. The molecule has 1 aliphatic heterocycles. The third-order valence-corrected chi connectivity index (χ3v) is 4.13. The van der Waals surface area contributed by atoms with Crippen LogP contribution in [0.4, 0.5) is 0 Å². The standard InChI is InChI=1S/C17H20N2O4/c1-11-8-16(23-18-11)17(20)19-6-4-12-9-14(21-2)15(22-3)10-13(12)5-7-19/h8-10H,4-7H2,1-3H3. The molecule has 6 nitrogen and oxygen atoms in total. The number of nitrogens with zero attached hydrogens (tertiary/aromatic N) is 2. The number of carbonyl (C=O) groups is 1. The second-order valence-electron chi connectivity index (χ2n) is 5.60. The summed E-state index contributed by atoms with van der Waals surface area (Å²) in [5.74, 6) is 1.62. The molecule has 2 aromatic rings. The topological polar surface area (TPSA) is 64.8 Å². The Labute approximate surface area is 135 Å². The Bertz CT molecular complexity index is 688. The zero-order chi connectivity index (χ0) is 16.4. The summed E-state index contributed by atoms with van der Waals surface area (Å²) in [5.41, 5.74) is 3.08. The third-order valence-electron chi connectivity index (χ3n) is 4.13. The zero-order valence-electron chi connectivity index (χ0n) is 13.6. The summed E-state index contributed by atoms with van der Waals surface area (Å²) in [4.78, 5) is 14.3. The molecule has 0 aliphatic carbocycles. The molecule has 23 heavy (non-hydrogen) atoms. The number of fused-ring (bicyclic) bond motifs is 1. The smallest absolute Gasteiger partial charge is 0.292 e. The van der Waals surface area contributed by atoms with Gasteiger partial charge in [-0.05, 0) is 43.0 Å². The van der Waals surface area contributed by atoms with Gasteiger partial charge in [0.1, 0.15) is 0 Å². The van der Waals surface area contributed by atoms with Gasteiger partial charge in [0, 0.05) is 19.2 Å². The molecule has 0 radical (unpaired) electrons. The Morgan fingerprint density at radius 1 is 1.09 bits per heavy atom. The Balaban J connectivity index is 1.81. The van der Waals surface area contributed by atoms with Gasteiger partial charge >= 0.3 is 0 Å². The van der Waals surface area contributed by atoms with Crippen molar-refractivity contribution in [3.63, 3.8) is 0 Å². The van der Waals surface area contributed by atoms with E-state index in [1.807, 2.05) is 12.1 Å². The molecule has 0 saturated heterocycles. The van der Waals surface area contributed by atoms with Crippen LogP contribution in [0.25, 0.3) is 0 Å². The number of ether oxygens (including phenoxy) is 2. The number of aromatic nitrogens is 1. The molecule has 1 amide bonds. The van der Waals surface area contributed by atoms with Gasteiger partial charge < -0.3 is 18.9 Å². The van der Waals surface area contributed by atoms with Gasteiger partial charge in [0.2, 0.25) is 5.76 Å². The summed E-state index contributed by atoms with van der Waals surface area (Å²) in [6.45, 7) is 3.08. The Morgan fingerprint density at radius 2 is 1.65 bits per heavy atom. The van der Waals surface area contributed by atoms with Crippen LogP contribution in [-0.4, -0.2) is 43.3 Å². The largest absolute Gasteiger partial charge is 0.493 e. The van der Waals surface area contributed by atoms with Gasteiger partial charge in [0.25, 0.3) is 5.91 Å². The van der Waals surface area contributed by atoms with Gasteiger partial charge in [-0.15, -0.1) is 0 Å². The molecule has 3 rings (SSSR count). The number of amides is 1. The molecule has 0 saturated carbocycles. The van der Waals surface area contributed by atoms with Crippen LogP contribution in [0.1, 0.15) is 27.4 Å². The van der Waals surface area contributed by atoms with E-state index in [1.165, 1.54) is 11.1 Å². The summed E-state index contributed by atoms with van der Waals surface area (Å²) in [6.07, 6.45) is 1.54. The van der Waals surface area contributed by atoms with Crippen molar-refractivity contribution in [3.05, 3.63) is 40.8 Å². The summed E-state index contributed by atoms with van der Waals surface area (Å²) in [5, 5.41) is 3.79. The molecule has 0 fully saturated rings. The Hall–Kier alpha value is -2.50. The van der Waals surface area contributed by atoms with Crippen LogP contribution in [0.2, 0.25) is 0 Å². The first-order valence-electron chi connectivity index (χ1n) is 7.58. The second-order valence-corrected chi connectivity index (χ2v) is 5.60. The molecule has 1 aromatic heterocycles. The Kier molecular flexibility index (Phi) is 4.23. The van der Waals surface area contributed by atoms with Crippen molar-refractivity contribution in [2.45, 2.75) is 19.8 Å². The lowest BCUT2D eigenvalue weighted by Crippen LogP contribution is -2.33. The number of benzene rings is 1.